The number of hydrogen-bond donors (Lipinski definition) is 1. The van der Waals surface area contributed by atoms with Gasteiger partial charge in [-0.1, -0.05) is 24.3 Å². The lowest BCUT2D eigenvalue weighted by Gasteiger charge is -2.38. The van der Waals surface area contributed by atoms with Crippen LogP contribution in [0.25, 0.3) is 0 Å². The first-order chi connectivity index (χ1) is 14.7. The van der Waals surface area contributed by atoms with E-state index in [2.05, 4.69) is 10.3 Å². The summed E-state index contributed by atoms with van der Waals surface area (Å²) >= 11 is 0. The molecule has 0 saturated carbocycles. The van der Waals surface area contributed by atoms with Gasteiger partial charge >= 0.3 is 0 Å². The molecule has 0 spiro atoms. The van der Waals surface area contributed by atoms with E-state index in [9.17, 15) is 22.0 Å². The zero-order valence-electron chi connectivity index (χ0n) is 17.4. The normalized spacial score (nSPS) is 18.2. The highest BCUT2D eigenvalue weighted by molar-refractivity contribution is 7.93. The van der Waals surface area contributed by atoms with E-state index in [1.54, 1.807) is 25.1 Å². The van der Waals surface area contributed by atoms with Crippen molar-refractivity contribution in [3.05, 3.63) is 70.9 Å². The Hall–Kier alpha value is -2.81. The molecule has 0 bridgehead atoms. The molecule has 0 aliphatic carbocycles. The largest absolute Gasteiger partial charge is 0.363 e. The van der Waals surface area contributed by atoms with Gasteiger partial charge in [-0.2, -0.15) is 0 Å². The molecule has 2 atom stereocenters. The molecule has 166 valence electrons. The molecule has 1 aliphatic rings. The number of halogens is 2. The van der Waals surface area contributed by atoms with Crippen LogP contribution in [0.4, 0.5) is 14.5 Å². The number of carbonyl (C=O) groups is 1. The van der Waals surface area contributed by atoms with Gasteiger partial charge < -0.3 is 10.2 Å². The molecule has 3 rings (SSSR count). The summed E-state index contributed by atoms with van der Waals surface area (Å²) in [5.41, 5.74) is 0.644. The Balaban J connectivity index is 1.80. The van der Waals surface area contributed by atoms with Gasteiger partial charge in [0.1, 0.15) is 5.82 Å². The van der Waals surface area contributed by atoms with Gasteiger partial charge in [0.15, 0.2) is 21.3 Å². The maximum atomic E-state index is 14.8. The van der Waals surface area contributed by atoms with Gasteiger partial charge in [0.25, 0.3) is 5.91 Å². The molecule has 31 heavy (non-hydrogen) atoms. The fourth-order valence-electron chi connectivity index (χ4n) is 3.65. The van der Waals surface area contributed by atoms with E-state index in [4.69, 9.17) is 0 Å². The van der Waals surface area contributed by atoms with Crippen LogP contribution in [0.5, 0.6) is 0 Å². The van der Waals surface area contributed by atoms with Crippen molar-refractivity contribution >= 4 is 21.4 Å². The fraction of sp³-hybridized carbons (Fsp3) is 0.364. The van der Waals surface area contributed by atoms with Crippen LogP contribution in [-0.2, 0) is 9.84 Å². The molecule has 1 aromatic carbocycles. The number of benzene rings is 1. The van der Waals surface area contributed by atoms with E-state index in [-0.39, 0.29) is 17.6 Å². The van der Waals surface area contributed by atoms with Crippen molar-refractivity contribution in [3.63, 3.8) is 0 Å². The number of piperidine rings is 1. The second-order valence-electron chi connectivity index (χ2n) is 7.67. The number of hydrogen-bond acceptors (Lipinski definition) is 5. The third-order valence-electron chi connectivity index (χ3n) is 5.11. The van der Waals surface area contributed by atoms with E-state index in [1.165, 1.54) is 24.4 Å². The molecule has 2 heterocycles. The Morgan fingerprint density at radius 2 is 2.00 bits per heavy atom. The van der Waals surface area contributed by atoms with Crippen LogP contribution in [0.3, 0.4) is 0 Å². The number of rotatable bonds is 6. The number of carbonyl (C=O) groups excluding carboxylic acids is 1. The van der Waals surface area contributed by atoms with Crippen LogP contribution < -0.4 is 10.2 Å². The molecule has 1 saturated heterocycles. The van der Waals surface area contributed by atoms with Crippen molar-refractivity contribution in [3.8, 4) is 0 Å². The Morgan fingerprint density at radius 1 is 1.26 bits per heavy atom. The molecular weight excluding hydrogens is 424 g/mol. The lowest BCUT2D eigenvalue weighted by atomic mass is 9.94. The van der Waals surface area contributed by atoms with E-state index >= 15 is 0 Å². The Kier molecular flexibility index (Phi) is 7.04. The van der Waals surface area contributed by atoms with Crippen molar-refractivity contribution in [2.45, 2.75) is 38.3 Å². The molecule has 6 nitrogen and oxygen atoms in total. The second kappa shape index (κ2) is 9.55. The number of aromatic nitrogens is 1. The summed E-state index contributed by atoms with van der Waals surface area (Å²) in [7, 11) is -3.33. The number of sulfone groups is 1. The molecular formula is C22H25F2N3O3S. The molecule has 0 unspecified atom stereocenters. The maximum absolute atomic E-state index is 14.8. The first kappa shape index (κ1) is 22.9. The summed E-state index contributed by atoms with van der Waals surface area (Å²) in [4.78, 5) is 18.3. The second-order valence-corrected chi connectivity index (χ2v) is 9.60. The number of anilines is 1. The maximum Gasteiger partial charge on any atom is 0.273 e. The minimum absolute atomic E-state index is 0.239. The standard InChI is InChI=1S/C22H25F2N3O3S/c1-15(10-12-31(2,29)30)26-22(28)21-19(24)13-16(14-25-21)27-11-6-5-9-20(27)17-7-3-4-8-18(17)23/h3-4,7-8,10,12-15,20H,5-6,9,11H2,1-2H3,(H,26,28)/b12-10+/t15-,20+/m1/s1. The van der Waals surface area contributed by atoms with Crippen LogP contribution in [0.2, 0.25) is 0 Å². The molecule has 9 heteroatoms. The number of amides is 1. The van der Waals surface area contributed by atoms with Gasteiger partial charge in [-0.3, -0.25) is 4.79 Å². The molecule has 2 aromatic rings. The lowest BCUT2D eigenvalue weighted by Crippen LogP contribution is -2.35. The van der Waals surface area contributed by atoms with Gasteiger partial charge in [0.2, 0.25) is 0 Å². The predicted molar refractivity (Wildman–Crippen MR) is 115 cm³/mol. The highest BCUT2D eigenvalue weighted by Crippen LogP contribution is 2.36. The van der Waals surface area contributed by atoms with E-state index in [0.717, 1.165) is 30.9 Å². The average molecular weight is 450 g/mol. The lowest BCUT2D eigenvalue weighted by molar-refractivity contribution is 0.0937. The molecule has 1 fully saturated rings. The van der Waals surface area contributed by atoms with E-state index in [1.807, 2.05) is 4.90 Å². The highest BCUT2D eigenvalue weighted by atomic mass is 32.2. The van der Waals surface area contributed by atoms with Gasteiger partial charge in [0.05, 0.1) is 17.9 Å². The Bertz CT molecular complexity index is 1090. The minimum atomic E-state index is -3.33. The molecule has 1 aliphatic heterocycles. The minimum Gasteiger partial charge on any atom is -0.363 e. The average Bonchev–Trinajstić information content (AvgIpc) is 2.72. The monoisotopic (exact) mass is 449 g/mol. The summed E-state index contributed by atoms with van der Waals surface area (Å²) in [6.45, 7) is 2.19. The zero-order chi connectivity index (χ0) is 22.6. The molecule has 0 radical (unpaired) electrons. The van der Waals surface area contributed by atoms with Crippen molar-refractivity contribution in [2.75, 3.05) is 17.7 Å². The fourth-order valence-corrected chi connectivity index (χ4v) is 4.17. The quantitative estimate of drug-likeness (QED) is 0.726. The highest BCUT2D eigenvalue weighted by Gasteiger charge is 2.27. The smallest absolute Gasteiger partial charge is 0.273 e. The third kappa shape index (κ3) is 5.88. The number of nitrogens with zero attached hydrogens (tertiary/aromatic N) is 2. The molecule has 1 aromatic heterocycles. The van der Waals surface area contributed by atoms with E-state index in [0.29, 0.717) is 17.8 Å². The summed E-state index contributed by atoms with van der Waals surface area (Å²) in [6.07, 6.45) is 6.30. The number of pyridine rings is 1. The summed E-state index contributed by atoms with van der Waals surface area (Å²) in [5, 5.41) is 3.47. The van der Waals surface area contributed by atoms with Crippen LogP contribution in [-0.4, -0.2) is 38.2 Å². The van der Waals surface area contributed by atoms with Crippen LogP contribution >= 0.6 is 0 Å². The van der Waals surface area contributed by atoms with Gasteiger partial charge in [-0.25, -0.2) is 22.2 Å². The van der Waals surface area contributed by atoms with Crippen molar-refractivity contribution < 1.29 is 22.0 Å². The van der Waals surface area contributed by atoms with Crippen molar-refractivity contribution in [1.82, 2.24) is 10.3 Å². The van der Waals surface area contributed by atoms with Crippen molar-refractivity contribution in [1.29, 1.82) is 0 Å². The molecule has 1 N–H and O–H groups in total. The van der Waals surface area contributed by atoms with Crippen LogP contribution in [0.15, 0.2) is 48.0 Å². The predicted octanol–water partition coefficient (Wildman–Crippen LogP) is 3.77. The zero-order valence-corrected chi connectivity index (χ0v) is 18.2. The first-order valence-electron chi connectivity index (χ1n) is 10.0. The van der Waals surface area contributed by atoms with Gasteiger partial charge in [0, 0.05) is 35.9 Å². The van der Waals surface area contributed by atoms with Gasteiger partial charge in [-0.05, 0) is 32.3 Å². The van der Waals surface area contributed by atoms with Crippen LogP contribution in [0, 0.1) is 11.6 Å². The Morgan fingerprint density at radius 3 is 2.68 bits per heavy atom. The molecule has 1 amide bonds. The number of nitrogens with one attached hydrogen (secondary N) is 1. The summed E-state index contributed by atoms with van der Waals surface area (Å²) in [5.74, 6) is -1.86. The summed E-state index contributed by atoms with van der Waals surface area (Å²) in [6, 6.07) is 6.91. The SMILES string of the molecule is C[C@H](/C=C/S(C)(=O)=O)NC(=O)c1ncc(N2CCCC[C@H]2c2ccccc2F)cc1F. The van der Waals surface area contributed by atoms with Gasteiger partial charge in [-0.15, -0.1) is 0 Å². The Labute approximate surface area is 180 Å². The van der Waals surface area contributed by atoms with Crippen LogP contribution in [0.1, 0.15) is 48.3 Å². The van der Waals surface area contributed by atoms with Crippen molar-refractivity contribution in [2.24, 2.45) is 0 Å². The third-order valence-corrected chi connectivity index (χ3v) is 5.77. The first-order valence-corrected chi connectivity index (χ1v) is 12.0. The van der Waals surface area contributed by atoms with E-state index < -0.39 is 27.6 Å². The topological polar surface area (TPSA) is 79.4 Å². The summed E-state index contributed by atoms with van der Waals surface area (Å²) < 4.78 is 51.5.